The molecule has 1 atom stereocenters. The highest BCUT2D eigenvalue weighted by molar-refractivity contribution is 9.10. The van der Waals surface area contributed by atoms with Crippen molar-refractivity contribution in [3.8, 4) is 0 Å². The van der Waals surface area contributed by atoms with Crippen LogP contribution in [-0.4, -0.2) is 11.1 Å². The van der Waals surface area contributed by atoms with Gasteiger partial charge in [-0.2, -0.15) is 0 Å². The molecule has 3 nitrogen and oxygen atoms in total. The first-order valence-electron chi connectivity index (χ1n) is 4.46. The summed E-state index contributed by atoms with van der Waals surface area (Å²) in [5.74, 6) is -1.00. The number of fused-ring (bicyclic) bond motifs is 1. The number of hydrogen-bond donors (Lipinski definition) is 2. The topological polar surface area (TPSA) is 63.3 Å². The van der Waals surface area contributed by atoms with Crippen LogP contribution in [0.2, 0.25) is 5.02 Å². The zero-order chi connectivity index (χ0) is 11.2. The fourth-order valence-electron chi connectivity index (χ4n) is 1.93. The lowest BCUT2D eigenvalue weighted by molar-refractivity contribution is -0.143. The minimum atomic E-state index is -1.29. The maximum Gasteiger partial charge on any atom is 0.328 e. The normalized spacial score (nSPS) is 23.9. The number of carboxylic acid groups (broad SMARTS) is 1. The lowest BCUT2D eigenvalue weighted by atomic mass is 9.93. The van der Waals surface area contributed by atoms with Crippen molar-refractivity contribution in [3.63, 3.8) is 0 Å². The molecule has 0 bridgehead atoms. The standard InChI is InChI=1S/C10H9BrClNO2/c11-5-3-7-6(8(12)4-5)1-2-10(7,13)9(14)15/h3-4H,1-2,13H2,(H,14,15). The first kappa shape index (κ1) is 10.9. The first-order valence-corrected chi connectivity index (χ1v) is 5.63. The van der Waals surface area contributed by atoms with Gasteiger partial charge in [0.15, 0.2) is 0 Å². The highest BCUT2D eigenvalue weighted by atomic mass is 79.9. The molecule has 3 N–H and O–H groups in total. The molecule has 80 valence electrons. The minimum absolute atomic E-state index is 0.397. The molecule has 0 fully saturated rings. The predicted molar refractivity (Wildman–Crippen MR) is 61.0 cm³/mol. The number of aliphatic carboxylic acids is 1. The summed E-state index contributed by atoms with van der Waals surface area (Å²) in [5.41, 5.74) is 6.05. The largest absolute Gasteiger partial charge is 0.480 e. The van der Waals surface area contributed by atoms with Gasteiger partial charge in [-0.1, -0.05) is 27.5 Å². The van der Waals surface area contributed by atoms with Crippen molar-refractivity contribution >= 4 is 33.5 Å². The molecule has 0 aliphatic heterocycles. The summed E-state index contributed by atoms with van der Waals surface area (Å²) < 4.78 is 0.754. The highest BCUT2D eigenvalue weighted by Crippen LogP contribution is 2.40. The van der Waals surface area contributed by atoms with E-state index in [0.29, 0.717) is 23.4 Å². The third kappa shape index (κ3) is 1.57. The zero-order valence-electron chi connectivity index (χ0n) is 7.76. The summed E-state index contributed by atoms with van der Waals surface area (Å²) in [6, 6.07) is 3.50. The van der Waals surface area contributed by atoms with E-state index in [0.717, 1.165) is 10.0 Å². The molecule has 1 aliphatic rings. The summed E-state index contributed by atoms with van der Waals surface area (Å²) >= 11 is 9.31. The molecule has 2 rings (SSSR count). The third-order valence-corrected chi connectivity index (χ3v) is 3.59. The van der Waals surface area contributed by atoms with Crippen LogP contribution in [-0.2, 0) is 16.8 Å². The number of carbonyl (C=O) groups is 1. The molecule has 0 heterocycles. The summed E-state index contributed by atoms with van der Waals surface area (Å²) in [6.45, 7) is 0. The number of carboxylic acids is 1. The Morgan fingerprint density at radius 3 is 2.87 bits per heavy atom. The second kappa shape index (κ2) is 3.47. The first-order chi connectivity index (χ1) is 6.95. The average Bonchev–Trinajstić information content (AvgIpc) is 2.46. The monoisotopic (exact) mass is 289 g/mol. The van der Waals surface area contributed by atoms with Gasteiger partial charge in [-0.3, -0.25) is 0 Å². The maximum absolute atomic E-state index is 11.1. The van der Waals surface area contributed by atoms with Crippen LogP contribution in [0.5, 0.6) is 0 Å². The highest BCUT2D eigenvalue weighted by Gasteiger charge is 2.42. The molecule has 1 unspecified atom stereocenters. The van der Waals surface area contributed by atoms with Gasteiger partial charge < -0.3 is 10.8 Å². The third-order valence-electron chi connectivity index (χ3n) is 2.79. The Bertz CT molecular complexity index is 449. The molecule has 0 aromatic heterocycles. The number of halogens is 2. The van der Waals surface area contributed by atoms with E-state index in [-0.39, 0.29) is 0 Å². The van der Waals surface area contributed by atoms with Crippen molar-refractivity contribution in [1.82, 2.24) is 0 Å². The Morgan fingerprint density at radius 2 is 2.27 bits per heavy atom. The van der Waals surface area contributed by atoms with Gasteiger partial charge in [0, 0.05) is 9.50 Å². The van der Waals surface area contributed by atoms with Crippen LogP contribution in [0.1, 0.15) is 17.5 Å². The lowest BCUT2D eigenvalue weighted by Crippen LogP contribution is -2.42. The summed E-state index contributed by atoms with van der Waals surface area (Å²) in [7, 11) is 0. The molecule has 0 saturated heterocycles. The van der Waals surface area contributed by atoms with Crippen molar-refractivity contribution in [2.75, 3.05) is 0 Å². The zero-order valence-corrected chi connectivity index (χ0v) is 10.1. The summed E-state index contributed by atoms with van der Waals surface area (Å²) in [6.07, 6.45) is 1.01. The fraction of sp³-hybridized carbons (Fsp3) is 0.300. The molecule has 5 heteroatoms. The van der Waals surface area contributed by atoms with E-state index in [1.165, 1.54) is 0 Å². The number of hydrogen-bond acceptors (Lipinski definition) is 2. The van der Waals surface area contributed by atoms with Gasteiger partial charge >= 0.3 is 5.97 Å². The molecule has 0 saturated carbocycles. The summed E-state index contributed by atoms with van der Waals surface area (Å²) in [4.78, 5) is 11.1. The van der Waals surface area contributed by atoms with Crippen LogP contribution in [0.3, 0.4) is 0 Å². The van der Waals surface area contributed by atoms with E-state index in [4.69, 9.17) is 22.4 Å². The molecule has 1 aliphatic carbocycles. The van der Waals surface area contributed by atoms with E-state index in [1.54, 1.807) is 12.1 Å². The molecule has 1 aromatic carbocycles. The second-order valence-corrected chi connectivity index (χ2v) is 5.01. The SMILES string of the molecule is NC1(C(=O)O)CCc2c(Cl)cc(Br)cc21. The number of benzene rings is 1. The molecular weight excluding hydrogens is 281 g/mol. The van der Waals surface area contributed by atoms with Crippen LogP contribution in [0.25, 0.3) is 0 Å². The van der Waals surface area contributed by atoms with Gasteiger partial charge in [-0.25, -0.2) is 4.79 Å². The molecular formula is C10H9BrClNO2. The fourth-order valence-corrected chi connectivity index (χ4v) is 2.84. The quantitative estimate of drug-likeness (QED) is 0.834. The molecule has 0 radical (unpaired) electrons. The van der Waals surface area contributed by atoms with Gasteiger partial charge in [0.1, 0.15) is 5.54 Å². The number of nitrogens with two attached hydrogens (primary N) is 1. The molecule has 0 amide bonds. The van der Waals surface area contributed by atoms with Gasteiger partial charge in [-0.15, -0.1) is 0 Å². The van der Waals surface area contributed by atoms with E-state index in [9.17, 15) is 4.79 Å². The minimum Gasteiger partial charge on any atom is -0.480 e. The number of rotatable bonds is 1. The van der Waals surface area contributed by atoms with Gasteiger partial charge in [0.05, 0.1) is 0 Å². The van der Waals surface area contributed by atoms with E-state index in [2.05, 4.69) is 15.9 Å². The van der Waals surface area contributed by atoms with Gasteiger partial charge in [0.25, 0.3) is 0 Å². The van der Waals surface area contributed by atoms with Crippen LogP contribution in [0, 0.1) is 0 Å². The average molecular weight is 291 g/mol. The van der Waals surface area contributed by atoms with Gasteiger partial charge in [0.2, 0.25) is 0 Å². The predicted octanol–water partition coefficient (Wildman–Crippen LogP) is 2.29. The Labute approximate surface area is 100 Å². The smallest absolute Gasteiger partial charge is 0.328 e. The van der Waals surface area contributed by atoms with Crippen LogP contribution in [0.15, 0.2) is 16.6 Å². The van der Waals surface area contributed by atoms with Crippen molar-refractivity contribution in [1.29, 1.82) is 0 Å². The molecule has 1 aromatic rings. The van der Waals surface area contributed by atoms with Crippen molar-refractivity contribution in [2.45, 2.75) is 18.4 Å². The second-order valence-electron chi connectivity index (χ2n) is 3.69. The van der Waals surface area contributed by atoms with E-state index in [1.807, 2.05) is 0 Å². The molecule has 15 heavy (non-hydrogen) atoms. The van der Waals surface area contributed by atoms with Crippen LogP contribution < -0.4 is 5.73 Å². The lowest BCUT2D eigenvalue weighted by Gasteiger charge is -2.19. The van der Waals surface area contributed by atoms with Crippen LogP contribution >= 0.6 is 27.5 Å². The Kier molecular flexibility index (Phi) is 2.53. The van der Waals surface area contributed by atoms with Crippen LogP contribution in [0.4, 0.5) is 0 Å². The Balaban J connectivity index is 2.65. The molecule has 0 spiro atoms. The van der Waals surface area contributed by atoms with Crippen molar-refractivity contribution in [2.24, 2.45) is 5.73 Å². The Morgan fingerprint density at radius 1 is 1.60 bits per heavy atom. The van der Waals surface area contributed by atoms with Crippen molar-refractivity contribution in [3.05, 3.63) is 32.8 Å². The summed E-state index contributed by atoms with van der Waals surface area (Å²) in [5, 5.41) is 9.69. The van der Waals surface area contributed by atoms with E-state index >= 15 is 0 Å². The Hall–Kier alpha value is -0.580. The van der Waals surface area contributed by atoms with Crippen molar-refractivity contribution < 1.29 is 9.90 Å². The van der Waals surface area contributed by atoms with Gasteiger partial charge in [-0.05, 0) is 36.1 Å². The van der Waals surface area contributed by atoms with E-state index < -0.39 is 11.5 Å². The maximum atomic E-state index is 11.1.